The van der Waals surface area contributed by atoms with Gasteiger partial charge in [-0.05, 0) is 24.3 Å². The molecule has 0 aliphatic carbocycles. The number of carbonyl (C=O) groups excluding carboxylic acids is 2. The van der Waals surface area contributed by atoms with Crippen LogP contribution < -0.4 is 0 Å². The number of carbonyl (C=O) groups is 2. The number of thiophene rings is 1. The summed E-state index contributed by atoms with van der Waals surface area (Å²) in [4.78, 5) is 22.4. The quantitative estimate of drug-likeness (QED) is 0.420. The maximum atomic E-state index is 11.0. The average molecular weight is 196 g/mol. The first-order chi connectivity index (χ1) is 6.27. The van der Waals surface area contributed by atoms with Crippen LogP contribution in [0.1, 0.15) is 14.5 Å². The average Bonchev–Trinajstić information content (AvgIpc) is 2.62. The predicted molar refractivity (Wildman–Crippen MR) is 50.8 cm³/mol. The Morgan fingerprint density at radius 2 is 2.31 bits per heavy atom. The smallest absolute Gasteiger partial charge is 0.348 e. The largest absolute Gasteiger partial charge is 0.465 e. The second-order valence-corrected chi connectivity index (χ2v) is 3.30. The maximum Gasteiger partial charge on any atom is 0.348 e. The molecule has 13 heavy (non-hydrogen) atoms. The normalized spacial score (nSPS) is 10.2. The third-order valence-corrected chi connectivity index (χ3v) is 2.38. The highest BCUT2D eigenvalue weighted by Gasteiger charge is 2.06. The molecular weight excluding hydrogens is 188 g/mol. The van der Waals surface area contributed by atoms with Crippen molar-refractivity contribution >= 4 is 29.7 Å². The van der Waals surface area contributed by atoms with Gasteiger partial charge in [0.25, 0.3) is 0 Å². The molecule has 0 radical (unpaired) electrons. The van der Waals surface area contributed by atoms with Gasteiger partial charge in [-0.2, -0.15) is 0 Å². The number of rotatable bonds is 3. The second-order valence-electron chi connectivity index (χ2n) is 2.19. The van der Waals surface area contributed by atoms with E-state index in [0.29, 0.717) is 11.2 Å². The van der Waals surface area contributed by atoms with Crippen LogP contribution in [-0.2, 0) is 9.53 Å². The molecule has 0 aliphatic heterocycles. The lowest BCUT2D eigenvalue weighted by Gasteiger charge is -1.91. The zero-order valence-corrected chi connectivity index (χ0v) is 7.84. The fraction of sp³-hybridized carbons (Fsp3) is 0.111. The monoisotopic (exact) mass is 196 g/mol. The molecule has 0 bridgehead atoms. The zero-order chi connectivity index (χ0) is 9.68. The highest BCUT2D eigenvalue weighted by atomic mass is 32.1. The Hall–Kier alpha value is -1.42. The summed E-state index contributed by atoms with van der Waals surface area (Å²) >= 11 is 1.29. The molecule has 0 saturated carbocycles. The highest BCUT2D eigenvalue weighted by Crippen LogP contribution is 2.18. The first kappa shape index (κ1) is 9.67. The van der Waals surface area contributed by atoms with Gasteiger partial charge in [-0.25, -0.2) is 4.79 Å². The SMILES string of the molecule is COC(=O)c1ccc(/C=C/C=O)s1. The van der Waals surface area contributed by atoms with Crippen LogP contribution in [0.5, 0.6) is 0 Å². The van der Waals surface area contributed by atoms with Crippen LogP contribution >= 0.6 is 11.3 Å². The van der Waals surface area contributed by atoms with Crippen LogP contribution in [0.25, 0.3) is 6.08 Å². The van der Waals surface area contributed by atoms with Gasteiger partial charge in [0.1, 0.15) is 11.2 Å². The van der Waals surface area contributed by atoms with Crippen LogP contribution in [0.3, 0.4) is 0 Å². The highest BCUT2D eigenvalue weighted by molar-refractivity contribution is 7.14. The fourth-order valence-electron chi connectivity index (χ4n) is 0.787. The molecule has 4 heteroatoms. The third kappa shape index (κ3) is 2.52. The number of allylic oxidation sites excluding steroid dienone is 1. The minimum absolute atomic E-state index is 0.351. The zero-order valence-electron chi connectivity index (χ0n) is 7.02. The number of esters is 1. The van der Waals surface area contributed by atoms with Gasteiger partial charge in [0.2, 0.25) is 0 Å². The molecule has 1 heterocycles. The molecule has 0 amide bonds. The van der Waals surface area contributed by atoms with Gasteiger partial charge in [0.05, 0.1) is 7.11 Å². The lowest BCUT2D eigenvalue weighted by atomic mass is 10.4. The molecule has 0 aromatic carbocycles. The van der Waals surface area contributed by atoms with Crippen molar-refractivity contribution in [2.24, 2.45) is 0 Å². The molecule has 0 fully saturated rings. The molecule has 1 aromatic heterocycles. The molecule has 0 N–H and O–H groups in total. The fourth-order valence-corrected chi connectivity index (χ4v) is 1.63. The lowest BCUT2D eigenvalue weighted by molar-refractivity contribution is -0.104. The first-order valence-corrected chi connectivity index (χ1v) is 4.39. The molecule has 0 aliphatic rings. The molecule has 3 nitrogen and oxygen atoms in total. The van der Waals surface area contributed by atoms with Crippen LogP contribution in [0.4, 0.5) is 0 Å². The van der Waals surface area contributed by atoms with Gasteiger partial charge in [0.15, 0.2) is 0 Å². The Balaban J connectivity index is 2.80. The van der Waals surface area contributed by atoms with Gasteiger partial charge in [-0.1, -0.05) is 0 Å². The van der Waals surface area contributed by atoms with Crippen LogP contribution in [0.2, 0.25) is 0 Å². The van der Waals surface area contributed by atoms with E-state index in [4.69, 9.17) is 0 Å². The van der Waals surface area contributed by atoms with Crippen molar-refractivity contribution in [1.82, 2.24) is 0 Å². The van der Waals surface area contributed by atoms with Gasteiger partial charge < -0.3 is 4.74 Å². The van der Waals surface area contributed by atoms with Crippen LogP contribution in [0.15, 0.2) is 18.2 Å². The lowest BCUT2D eigenvalue weighted by Crippen LogP contribution is -1.96. The van der Waals surface area contributed by atoms with Gasteiger partial charge >= 0.3 is 5.97 Å². The van der Waals surface area contributed by atoms with E-state index in [2.05, 4.69) is 4.74 Å². The van der Waals surface area contributed by atoms with E-state index in [1.54, 1.807) is 18.2 Å². The standard InChI is InChI=1S/C9H8O3S/c1-12-9(11)8-5-4-7(13-8)3-2-6-10/h2-6H,1H3/b3-2+. The number of hydrogen-bond donors (Lipinski definition) is 0. The Bertz CT molecular complexity index is 338. The van der Waals surface area contributed by atoms with Crippen molar-refractivity contribution in [1.29, 1.82) is 0 Å². The van der Waals surface area contributed by atoms with Gasteiger partial charge in [0, 0.05) is 4.88 Å². The van der Waals surface area contributed by atoms with Crippen molar-refractivity contribution in [3.8, 4) is 0 Å². The summed E-state index contributed by atoms with van der Waals surface area (Å²) in [7, 11) is 1.34. The predicted octanol–water partition coefficient (Wildman–Crippen LogP) is 1.75. The molecule has 1 rings (SSSR count). The van der Waals surface area contributed by atoms with Crippen molar-refractivity contribution in [3.05, 3.63) is 28.0 Å². The Morgan fingerprint density at radius 3 is 2.92 bits per heavy atom. The number of ether oxygens (including phenoxy) is 1. The molecule has 0 spiro atoms. The summed E-state index contributed by atoms with van der Waals surface area (Å²) in [5.74, 6) is -0.351. The second kappa shape index (κ2) is 4.57. The Kier molecular flexibility index (Phi) is 3.40. The summed E-state index contributed by atoms with van der Waals surface area (Å²) in [6.07, 6.45) is 3.72. The molecule has 1 aromatic rings. The van der Waals surface area contributed by atoms with Crippen molar-refractivity contribution < 1.29 is 14.3 Å². The van der Waals surface area contributed by atoms with Crippen LogP contribution in [0, 0.1) is 0 Å². The minimum Gasteiger partial charge on any atom is -0.465 e. The van der Waals surface area contributed by atoms with Crippen molar-refractivity contribution in [2.45, 2.75) is 0 Å². The van der Waals surface area contributed by atoms with E-state index in [-0.39, 0.29) is 5.97 Å². The van der Waals surface area contributed by atoms with E-state index in [1.165, 1.54) is 24.5 Å². The molecule has 68 valence electrons. The number of hydrogen-bond acceptors (Lipinski definition) is 4. The first-order valence-electron chi connectivity index (χ1n) is 3.58. The van der Waals surface area contributed by atoms with Gasteiger partial charge in [-0.15, -0.1) is 11.3 Å². The topological polar surface area (TPSA) is 43.4 Å². The van der Waals surface area contributed by atoms with Crippen molar-refractivity contribution in [3.63, 3.8) is 0 Å². The molecule has 0 unspecified atom stereocenters. The molecular formula is C9H8O3S. The summed E-state index contributed by atoms with van der Waals surface area (Å²) in [6, 6.07) is 3.43. The van der Waals surface area contributed by atoms with Crippen molar-refractivity contribution in [2.75, 3.05) is 7.11 Å². The van der Waals surface area contributed by atoms with E-state index >= 15 is 0 Å². The van der Waals surface area contributed by atoms with E-state index in [0.717, 1.165) is 4.88 Å². The number of aldehydes is 1. The van der Waals surface area contributed by atoms with Gasteiger partial charge in [-0.3, -0.25) is 4.79 Å². The number of methoxy groups -OCH3 is 1. The Labute approximate surface area is 79.6 Å². The van der Waals surface area contributed by atoms with E-state index in [9.17, 15) is 9.59 Å². The van der Waals surface area contributed by atoms with E-state index < -0.39 is 0 Å². The summed E-state index contributed by atoms with van der Waals surface area (Å²) in [6.45, 7) is 0. The van der Waals surface area contributed by atoms with Crippen LogP contribution in [-0.4, -0.2) is 19.4 Å². The minimum atomic E-state index is -0.351. The maximum absolute atomic E-state index is 11.0. The molecule has 0 saturated heterocycles. The van der Waals surface area contributed by atoms with E-state index in [1.807, 2.05) is 0 Å². The summed E-state index contributed by atoms with van der Waals surface area (Å²) in [5.41, 5.74) is 0. The molecule has 0 atom stereocenters. The Morgan fingerprint density at radius 1 is 1.54 bits per heavy atom. The summed E-state index contributed by atoms with van der Waals surface area (Å²) in [5, 5.41) is 0. The summed E-state index contributed by atoms with van der Waals surface area (Å²) < 4.78 is 4.53. The third-order valence-electron chi connectivity index (χ3n) is 1.35.